The second-order valence-corrected chi connectivity index (χ2v) is 7.36. The second-order valence-electron chi connectivity index (χ2n) is 5.37. The summed E-state index contributed by atoms with van der Waals surface area (Å²) >= 11 is 2.86. The van der Waals surface area contributed by atoms with Crippen molar-refractivity contribution in [3.05, 3.63) is 57.0 Å². The number of nitrogens with zero attached hydrogens (tertiary/aromatic N) is 7. The molecule has 0 saturated carbocycles. The van der Waals surface area contributed by atoms with Crippen molar-refractivity contribution in [2.24, 2.45) is 0 Å². The minimum absolute atomic E-state index is 0.167. The van der Waals surface area contributed by atoms with Crippen molar-refractivity contribution in [2.75, 3.05) is 0 Å². The molecule has 4 rings (SSSR count). The Hall–Kier alpha value is -2.59. The maximum Gasteiger partial charge on any atom is 0.275 e. The van der Waals surface area contributed by atoms with Crippen molar-refractivity contribution in [1.29, 1.82) is 0 Å². The van der Waals surface area contributed by atoms with Crippen molar-refractivity contribution in [2.45, 2.75) is 24.8 Å². The number of hydrogen-bond acceptors (Lipinski definition) is 8. The summed E-state index contributed by atoms with van der Waals surface area (Å²) in [5, 5.41) is 17.7. The van der Waals surface area contributed by atoms with Gasteiger partial charge in [-0.1, -0.05) is 41.3 Å². The van der Waals surface area contributed by atoms with Gasteiger partial charge in [0.1, 0.15) is 5.01 Å². The molecule has 25 heavy (non-hydrogen) atoms. The summed E-state index contributed by atoms with van der Waals surface area (Å²) in [5.74, 6) is 0.554. The minimum Gasteiger partial charge on any atom is -0.267 e. The van der Waals surface area contributed by atoms with Gasteiger partial charge in [0, 0.05) is 11.8 Å². The number of tetrazole rings is 1. The molecule has 0 saturated heterocycles. The highest BCUT2D eigenvalue weighted by atomic mass is 32.2. The van der Waals surface area contributed by atoms with E-state index in [9.17, 15) is 4.79 Å². The topological polar surface area (TPSA) is 90.9 Å². The molecule has 1 aromatic carbocycles. The number of aryl methyl sites for hydroxylation is 2. The molecule has 126 valence electrons. The van der Waals surface area contributed by atoms with E-state index in [1.54, 1.807) is 11.6 Å². The molecule has 4 aromatic rings. The van der Waals surface area contributed by atoms with E-state index in [1.807, 2.05) is 31.2 Å². The van der Waals surface area contributed by atoms with E-state index in [0.717, 1.165) is 16.3 Å². The Kier molecular flexibility index (Phi) is 4.06. The molecule has 0 aliphatic rings. The molecule has 0 amide bonds. The van der Waals surface area contributed by atoms with E-state index in [2.05, 4.69) is 25.6 Å². The first-order chi connectivity index (χ1) is 12.1. The summed E-state index contributed by atoms with van der Waals surface area (Å²) in [6.45, 7) is 3.81. The van der Waals surface area contributed by atoms with Crippen molar-refractivity contribution in [3.63, 3.8) is 0 Å². The number of fused-ring (bicyclic) bond motifs is 1. The van der Waals surface area contributed by atoms with Gasteiger partial charge >= 0.3 is 0 Å². The largest absolute Gasteiger partial charge is 0.275 e. The molecular weight excluding hydrogens is 358 g/mol. The van der Waals surface area contributed by atoms with E-state index in [4.69, 9.17) is 0 Å². The van der Waals surface area contributed by atoms with E-state index < -0.39 is 0 Å². The average molecular weight is 371 g/mol. The molecule has 0 N–H and O–H groups in total. The van der Waals surface area contributed by atoms with Gasteiger partial charge in [0.25, 0.3) is 5.56 Å². The third-order valence-corrected chi connectivity index (χ3v) is 5.55. The van der Waals surface area contributed by atoms with Crippen LogP contribution in [0, 0.1) is 13.8 Å². The molecule has 0 aliphatic heterocycles. The van der Waals surface area contributed by atoms with E-state index in [1.165, 1.54) is 33.7 Å². The summed E-state index contributed by atoms with van der Waals surface area (Å²) in [7, 11) is 0. The van der Waals surface area contributed by atoms with Crippen LogP contribution in [-0.4, -0.2) is 34.8 Å². The van der Waals surface area contributed by atoms with Crippen LogP contribution in [0.15, 0.2) is 40.3 Å². The lowest BCUT2D eigenvalue weighted by Gasteiger charge is -2.06. The maximum absolute atomic E-state index is 11.9. The predicted molar refractivity (Wildman–Crippen MR) is 95.3 cm³/mol. The maximum atomic E-state index is 11.9. The summed E-state index contributed by atoms with van der Waals surface area (Å²) < 4.78 is 3.04. The Morgan fingerprint density at radius 3 is 2.92 bits per heavy atom. The zero-order valence-corrected chi connectivity index (χ0v) is 15.1. The highest BCUT2D eigenvalue weighted by Gasteiger charge is 2.13. The van der Waals surface area contributed by atoms with Crippen LogP contribution in [0.25, 0.3) is 10.6 Å². The monoisotopic (exact) mass is 371 g/mol. The van der Waals surface area contributed by atoms with Crippen LogP contribution in [0.4, 0.5) is 0 Å². The number of hydrogen-bond donors (Lipinski definition) is 0. The van der Waals surface area contributed by atoms with Gasteiger partial charge in [0.2, 0.25) is 10.1 Å². The fourth-order valence-corrected chi connectivity index (χ4v) is 4.18. The van der Waals surface area contributed by atoms with Crippen molar-refractivity contribution in [1.82, 2.24) is 34.8 Å². The zero-order valence-electron chi connectivity index (χ0n) is 13.4. The first-order valence-corrected chi connectivity index (χ1v) is 9.25. The van der Waals surface area contributed by atoms with Gasteiger partial charge in [-0.15, -0.1) is 5.10 Å². The van der Waals surface area contributed by atoms with Gasteiger partial charge in [-0.05, 0) is 35.9 Å². The summed E-state index contributed by atoms with van der Waals surface area (Å²) in [6.07, 6.45) is 0. The third kappa shape index (κ3) is 3.05. The Morgan fingerprint density at radius 2 is 2.08 bits per heavy atom. The fraction of sp³-hybridized carbons (Fsp3) is 0.200. The molecule has 10 heteroatoms. The molecular formula is C15H13N7OS2. The second kappa shape index (κ2) is 6.37. The standard InChI is InChI=1S/C15H13N7OS2/c1-9-5-3-4-6-11(9)21-15(17-19-20-21)24-8-12-18-22-13(23)7-10(2)16-14(22)25-12/h3-7H,8H2,1-2H3. The van der Waals surface area contributed by atoms with Crippen molar-refractivity contribution < 1.29 is 0 Å². The highest BCUT2D eigenvalue weighted by molar-refractivity contribution is 7.98. The Morgan fingerprint density at radius 1 is 1.24 bits per heavy atom. The molecule has 3 heterocycles. The quantitative estimate of drug-likeness (QED) is 0.507. The van der Waals surface area contributed by atoms with Crippen LogP contribution in [-0.2, 0) is 5.75 Å². The van der Waals surface area contributed by atoms with Crippen molar-refractivity contribution in [3.8, 4) is 5.69 Å². The molecule has 0 aliphatic carbocycles. The van der Waals surface area contributed by atoms with E-state index in [-0.39, 0.29) is 5.56 Å². The smallest absolute Gasteiger partial charge is 0.267 e. The van der Waals surface area contributed by atoms with Gasteiger partial charge in [0.15, 0.2) is 0 Å². The number of para-hydroxylation sites is 1. The predicted octanol–water partition coefficient (Wildman–Crippen LogP) is 2.04. The van der Waals surface area contributed by atoms with Gasteiger partial charge in [-0.25, -0.2) is 4.98 Å². The van der Waals surface area contributed by atoms with Crippen LogP contribution < -0.4 is 5.56 Å². The number of thioether (sulfide) groups is 1. The minimum atomic E-state index is -0.167. The molecule has 0 fully saturated rings. The number of benzene rings is 1. The average Bonchev–Trinajstić information content (AvgIpc) is 3.19. The van der Waals surface area contributed by atoms with Gasteiger partial charge in [0.05, 0.1) is 11.4 Å². The lowest BCUT2D eigenvalue weighted by molar-refractivity contribution is 0.751. The van der Waals surface area contributed by atoms with Gasteiger partial charge < -0.3 is 0 Å². The zero-order chi connectivity index (χ0) is 17.4. The molecule has 0 bridgehead atoms. The van der Waals surface area contributed by atoms with Crippen LogP contribution in [0.5, 0.6) is 0 Å². The van der Waals surface area contributed by atoms with Crippen LogP contribution in [0.1, 0.15) is 16.3 Å². The normalized spacial score (nSPS) is 11.3. The molecule has 0 unspecified atom stereocenters. The van der Waals surface area contributed by atoms with E-state index >= 15 is 0 Å². The lowest BCUT2D eigenvalue weighted by atomic mass is 10.2. The molecule has 0 atom stereocenters. The van der Waals surface area contributed by atoms with E-state index in [0.29, 0.717) is 21.6 Å². The lowest BCUT2D eigenvalue weighted by Crippen LogP contribution is -2.14. The van der Waals surface area contributed by atoms with Crippen LogP contribution in [0.2, 0.25) is 0 Å². The number of aromatic nitrogens is 7. The Bertz CT molecular complexity index is 1110. The van der Waals surface area contributed by atoms with Crippen LogP contribution in [0.3, 0.4) is 0 Å². The Balaban J connectivity index is 1.61. The third-order valence-electron chi connectivity index (χ3n) is 3.52. The van der Waals surface area contributed by atoms with Crippen LogP contribution >= 0.6 is 23.1 Å². The highest BCUT2D eigenvalue weighted by Crippen LogP contribution is 2.25. The van der Waals surface area contributed by atoms with Gasteiger partial charge in [-0.3, -0.25) is 4.79 Å². The fourth-order valence-electron chi connectivity index (χ4n) is 2.37. The molecule has 0 radical (unpaired) electrons. The number of rotatable bonds is 4. The molecule has 0 spiro atoms. The van der Waals surface area contributed by atoms with Gasteiger partial charge in [-0.2, -0.15) is 14.3 Å². The molecule has 3 aromatic heterocycles. The summed E-state index contributed by atoms with van der Waals surface area (Å²) in [5.41, 5.74) is 2.55. The summed E-state index contributed by atoms with van der Waals surface area (Å²) in [6, 6.07) is 9.39. The van der Waals surface area contributed by atoms with Crippen molar-refractivity contribution >= 4 is 28.1 Å². The first kappa shape index (κ1) is 15.9. The first-order valence-electron chi connectivity index (χ1n) is 7.45. The summed E-state index contributed by atoms with van der Waals surface area (Å²) in [4.78, 5) is 16.9. The molecule has 8 nitrogen and oxygen atoms in total. The SMILES string of the molecule is Cc1cc(=O)n2nc(CSc3nnnn3-c3ccccc3C)sc2n1. The Labute approximate surface area is 150 Å².